The summed E-state index contributed by atoms with van der Waals surface area (Å²) in [7, 11) is 0. The summed E-state index contributed by atoms with van der Waals surface area (Å²) in [4.78, 5) is 6.43. The van der Waals surface area contributed by atoms with Gasteiger partial charge in [0.2, 0.25) is 0 Å². The lowest BCUT2D eigenvalue weighted by atomic mass is 9.75. The van der Waals surface area contributed by atoms with Crippen LogP contribution in [0.1, 0.15) is 37.9 Å². The lowest BCUT2D eigenvalue weighted by Gasteiger charge is -2.39. The molecular weight excluding hydrogens is 405 g/mol. The Morgan fingerprint density at radius 2 is 2.00 bits per heavy atom. The molecule has 0 bridgehead atoms. The number of aliphatic hydroxyl groups is 1. The fraction of sp³-hybridized carbons (Fsp3) is 0.458. The molecule has 0 amide bonds. The Morgan fingerprint density at radius 1 is 1.19 bits per heavy atom. The molecule has 2 atom stereocenters. The van der Waals surface area contributed by atoms with E-state index in [0.717, 1.165) is 16.6 Å². The second-order valence-corrected chi connectivity index (χ2v) is 9.04. The second kappa shape index (κ2) is 7.95. The molecule has 0 aliphatic carbocycles. The Labute approximate surface area is 179 Å². The number of furan rings is 1. The van der Waals surface area contributed by atoms with E-state index in [1.54, 1.807) is 12.5 Å². The van der Waals surface area contributed by atoms with Gasteiger partial charge in [0.15, 0.2) is 6.10 Å². The van der Waals surface area contributed by atoms with E-state index in [2.05, 4.69) is 4.98 Å². The van der Waals surface area contributed by atoms with Gasteiger partial charge in [-0.05, 0) is 69.5 Å². The Hall–Kier alpha value is -2.38. The number of rotatable bonds is 6. The number of hydrogen-bond acceptors (Lipinski definition) is 4. The molecule has 4 nitrogen and oxygen atoms in total. The van der Waals surface area contributed by atoms with E-state index in [1.165, 1.54) is 0 Å². The number of halogens is 3. The van der Waals surface area contributed by atoms with Gasteiger partial charge >= 0.3 is 6.18 Å². The highest BCUT2D eigenvalue weighted by Gasteiger charge is 2.56. The lowest BCUT2D eigenvalue weighted by Crippen LogP contribution is -2.49. The van der Waals surface area contributed by atoms with Crippen molar-refractivity contribution >= 4 is 11.0 Å². The molecule has 31 heavy (non-hydrogen) atoms. The van der Waals surface area contributed by atoms with Gasteiger partial charge in [-0.2, -0.15) is 13.2 Å². The number of hydrogen-bond donors (Lipinski definition) is 1. The summed E-state index contributed by atoms with van der Waals surface area (Å²) in [6.45, 7) is 4.56. The van der Waals surface area contributed by atoms with Gasteiger partial charge in [-0.25, -0.2) is 0 Å². The fourth-order valence-corrected chi connectivity index (χ4v) is 4.72. The van der Waals surface area contributed by atoms with E-state index in [-0.39, 0.29) is 19.4 Å². The largest absolute Gasteiger partial charge is 0.464 e. The monoisotopic (exact) mass is 432 g/mol. The van der Waals surface area contributed by atoms with E-state index in [9.17, 15) is 18.3 Å². The van der Waals surface area contributed by atoms with Gasteiger partial charge in [0.05, 0.1) is 17.5 Å². The number of pyridine rings is 1. The maximum atomic E-state index is 13.7. The van der Waals surface area contributed by atoms with Crippen LogP contribution in [0.25, 0.3) is 11.0 Å². The summed E-state index contributed by atoms with van der Waals surface area (Å²) in [5, 5.41) is 11.4. The standard InChI is InChI=1S/C24H27F3N2O2/c1-22(2,20-5-3-4-12-28-20)29-13-11-23(16-29,21(30)24(25,26)27)10-8-17-6-7-18-9-14-31-19(18)15-17/h3-7,9,12,14-15,21,30H,8,10-11,13,16H2,1-2H3/t21-,23-/m1/s1. The summed E-state index contributed by atoms with van der Waals surface area (Å²) in [5.74, 6) is 0. The van der Waals surface area contributed by atoms with Crippen molar-refractivity contribution in [1.29, 1.82) is 0 Å². The molecule has 4 rings (SSSR count). The van der Waals surface area contributed by atoms with Crippen LogP contribution >= 0.6 is 0 Å². The summed E-state index contributed by atoms with van der Waals surface area (Å²) in [6, 6.07) is 13.1. The zero-order valence-corrected chi connectivity index (χ0v) is 17.7. The van der Waals surface area contributed by atoms with Gasteiger partial charge < -0.3 is 9.52 Å². The zero-order chi connectivity index (χ0) is 22.3. The Kier molecular flexibility index (Phi) is 5.60. The minimum Gasteiger partial charge on any atom is -0.464 e. The molecule has 0 unspecified atom stereocenters. The molecule has 1 aliphatic heterocycles. The number of benzene rings is 1. The van der Waals surface area contributed by atoms with Gasteiger partial charge in [-0.1, -0.05) is 18.2 Å². The summed E-state index contributed by atoms with van der Waals surface area (Å²) >= 11 is 0. The smallest absolute Gasteiger partial charge is 0.414 e. The molecule has 166 valence electrons. The van der Waals surface area contributed by atoms with Crippen molar-refractivity contribution in [2.45, 2.75) is 50.9 Å². The molecule has 3 aromatic rings. The van der Waals surface area contributed by atoms with Gasteiger partial charge in [-0.3, -0.25) is 9.88 Å². The first-order valence-corrected chi connectivity index (χ1v) is 10.5. The lowest BCUT2D eigenvalue weighted by molar-refractivity contribution is -0.239. The molecule has 0 saturated carbocycles. The predicted octanol–water partition coefficient (Wildman–Crippen LogP) is 5.31. The van der Waals surface area contributed by atoms with E-state index < -0.39 is 23.2 Å². The normalized spacial score (nSPS) is 21.6. The summed E-state index contributed by atoms with van der Waals surface area (Å²) < 4.78 is 46.5. The zero-order valence-electron chi connectivity index (χ0n) is 17.7. The molecule has 1 aromatic carbocycles. The highest BCUT2D eigenvalue weighted by molar-refractivity contribution is 5.77. The minimum atomic E-state index is -4.67. The quantitative estimate of drug-likeness (QED) is 0.574. The first-order chi connectivity index (χ1) is 14.6. The third kappa shape index (κ3) is 4.21. The van der Waals surface area contributed by atoms with Crippen molar-refractivity contribution in [1.82, 2.24) is 9.88 Å². The van der Waals surface area contributed by atoms with Crippen LogP contribution < -0.4 is 0 Å². The van der Waals surface area contributed by atoms with Crippen LogP contribution in [0.15, 0.2) is 59.3 Å². The molecule has 3 heterocycles. The van der Waals surface area contributed by atoms with Crippen LogP contribution in [0.2, 0.25) is 0 Å². The topological polar surface area (TPSA) is 49.5 Å². The van der Waals surface area contributed by atoms with Crippen LogP contribution in [0.3, 0.4) is 0 Å². The number of aliphatic hydroxyl groups excluding tert-OH is 1. The van der Waals surface area contributed by atoms with Gasteiger partial charge in [0, 0.05) is 23.5 Å². The number of likely N-dealkylation sites (tertiary alicyclic amines) is 1. The number of fused-ring (bicyclic) bond motifs is 1. The van der Waals surface area contributed by atoms with Crippen molar-refractivity contribution in [2.75, 3.05) is 13.1 Å². The molecule has 1 aliphatic rings. The Balaban J connectivity index is 1.58. The van der Waals surface area contributed by atoms with Gasteiger partial charge in [0.25, 0.3) is 0 Å². The summed E-state index contributed by atoms with van der Waals surface area (Å²) in [6.07, 6.45) is -2.83. The summed E-state index contributed by atoms with van der Waals surface area (Å²) in [5.41, 5.74) is 0.602. The van der Waals surface area contributed by atoms with Crippen LogP contribution in [0, 0.1) is 5.41 Å². The maximum Gasteiger partial charge on any atom is 0.414 e. The fourth-order valence-electron chi connectivity index (χ4n) is 4.72. The van der Waals surface area contributed by atoms with Crippen LogP contribution in [-0.4, -0.2) is 40.4 Å². The average molecular weight is 432 g/mol. The van der Waals surface area contributed by atoms with Crippen molar-refractivity contribution in [3.63, 3.8) is 0 Å². The Morgan fingerprint density at radius 3 is 2.71 bits per heavy atom. The van der Waals surface area contributed by atoms with Crippen LogP contribution in [-0.2, 0) is 12.0 Å². The molecule has 0 radical (unpaired) electrons. The highest BCUT2D eigenvalue weighted by Crippen LogP contribution is 2.47. The van der Waals surface area contributed by atoms with E-state index in [0.29, 0.717) is 18.5 Å². The average Bonchev–Trinajstić information content (AvgIpc) is 3.39. The molecule has 0 spiro atoms. The highest BCUT2D eigenvalue weighted by atomic mass is 19.4. The maximum absolute atomic E-state index is 13.7. The van der Waals surface area contributed by atoms with Crippen LogP contribution in [0.5, 0.6) is 0 Å². The molecule has 1 fully saturated rings. The molecule has 2 aromatic heterocycles. The predicted molar refractivity (Wildman–Crippen MR) is 112 cm³/mol. The first kappa shape index (κ1) is 21.8. The third-order valence-corrected chi connectivity index (χ3v) is 6.79. The minimum absolute atomic E-state index is 0.153. The van der Waals surface area contributed by atoms with Gasteiger partial charge in [-0.15, -0.1) is 0 Å². The van der Waals surface area contributed by atoms with E-state index in [4.69, 9.17) is 4.42 Å². The number of aromatic nitrogens is 1. The van der Waals surface area contributed by atoms with Gasteiger partial charge in [0.1, 0.15) is 5.58 Å². The van der Waals surface area contributed by atoms with E-state index >= 15 is 0 Å². The van der Waals surface area contributed by atoms with Crippen molar-refractivity contribution < 1.29 is 22.7 Å². The first-order valence-electron chi connectivity index (χ1n) is 10.5. The van der Waals surface area contributed by atoms with Crippen molar-refractivity contribution in [3.05, 3.63) is 66.2 Å². The number of nitrogens with zero attached hydrogens (tertiary/aromatic N) is 2. The van der Waals surface area contributed by atoms with Crippen molar-refractivity contribution in [2.24, 2.45) is 5.41 Å². The van der Waals surface area contributed by atoms with Crippen molar-refractivity contribution in [3.8, 4) is 0 Å². The SMILES string of the molecule is CC(C)(c1ccccn1)N1CC[C@@](CCc2ccc3ccoc3c2)([C@@H](O)C(F)(F)F)C1. The van der Waals surface area contributed by atoms with Crippen LogP contribution in [0.4, 0.5) is 13.2 Å². The second-order valence-electron chi connectivity index (χ2n) is 9.04. The number of aryl methyl sites for hydroxylation is 1. The molecule has 7 heteroatoms. The van der Waals surface area contributed by atoms with E-state index in [1.807, 2.05) is 61.2 Å². The molecule has 1 saturated heterocycles. The Bertz CT molecular complexity index is 1030. The third-order valence-electron chi connectivity index (χ3n) is 6.79. The molecular formula is C24H27F3N2O2. The molecule has 1 N–H and O–H groups in total. The number of alkyl halides is 3.